The summed E-state index contributed by atoms with van der Waals surface area (Å²) in [7, 11) is 0. The molecule has 1 aromatic carbocycles. The molecule has 20 heavy (non-hydrogen) atoms. The number of hydrogen-bond acceptors (Lipinski definition) is 5. The van der Waals surface area contributed by atoms with Gasteiger partial charge in [-0.15, -0.1) is 11.8 Å². The van der Waals surface area contributed by atoms with Crippen molar-refractivity contribution >= 4 is 11.8 Å². The van der Waals surface area contributed by atoms with Gasteiger partial charge in [0.15, 0.2) is 5.82 Å². The molecule has 2 aromatic rings. The third kappa shape index (κ3) is 2.60. The van der Waals surface area contributed by atoms with Gasteiger partial charge in [0.25, 0.3) is 0 Å². The van der Waals surface area contributed by atoms with Crippen LogP contribution in [0.15, 0.2) is 33.7 Å². The van der Waals surface area contributed by atoms with Crippen LogP contribution < -0.4 is 5.73 Å². The highest BCUT2D eigenvalue weighted by atomic mass is 32.2. The number of aromatic nitrogens is 2. The van der Waals surface area contributed by atoms with Crippen molar-refractivity contribution in [3.05, 3.63) is 41.5 Å². The van der Waals surface area contributed by atoms with E-state index in [2.05, 4.69) is 41.3 Å². The third-order valence-corrected chi connectivity index (χ3v) is 4.97. The number of rotatable bonds is 5. The number of nitrogens with zero attached hydrogens (tertiary/aromatic N) is 2. The predicted octanol–water partition coefficient (Wildman–Crippen LogP) is 3.05. The fraction of sp³-hybridized carbons (Fsp3) is 0.467. The minimum absolute atomic E-state index is 0.0424. The van der Waals surface area contributed by atoms with Crippen LogP contribution in [0.25, 0.3) is 0 Å². The largest absolute Gasteiger partial charge is 0.339 e. The van der Waals surface area contributed by atoms with Crippen molar-refractivity contribution in [2.75, 3.05) is 6.54 Å². The Kier molecular flexibility index (Phi) is 3.81. The maximum atomic E-state index is 5.86. The van der Waals surface area contributed by atoms with Crippen LogP contribution in [0.3, 0.4) is 0 Å². The van der Waals surface area contributed by atoms with Gasteiger partial charge in [-0.05, 0) is 31.9 Å². The van der Waals surface area contributed by atoms with E-state index in [0.717, 1.165) is 30.3 Å². The zero-order chi connectivity index (χ0) is 14.0. The van der Waals surface area contributed by atoms with Crippen molar-refractivity contribution < 1.29 is 4.52 Å². The van der Waals surface area contributed by atoms with Crippen LogP contribution in [-0.2, 0) is 11.2 Å². The summed E-state index contributed by atoms with van der Waals surface area (Å²) in [5.41, 5.74) is 7.08. The highest BCUT2D eigenvalue weighted by Gasteiger charge is 2.42. The van der Waals surface area contributed by atoms with Crippen LogP contribution in [0.5, 0.6) is 0 Å². The number of nitrogens with two attached hydrogens (primary N) is 1. The van der Waals surface area contributed by atoms with Crippen molar-refractivity contribution in [3.63, 3.8) is 0 Å². The molecule has 1 saturated carbocycles. The SMILES string of the molecule is Cc1cccc(SCc2noc(C3(CN)CCC3)n2)c1. The van der Waals surface area contributed by atoms with E-state index < -0.39 is 0 Å². The maximum Gasteiger partial charge on any atom is 0.234 e. The average molecular weight is 289 g/mol. The molecule has 0 spiro atoms. The van der Waals surface area contributed by atoms with E-state index >= 15 is 0 Å². The average Bonchev–Trinajstić information content (AvgIpc) is 2.85. The molecule has 4 nitrogen and oxygen atoms in total. The molecule has 1 aromatic heterocycles. The lowest BCUT2D eigenvalue weighted by Crippen LogP contribution is -2.41. The first-order valence-electron chi connectivity index (χ1n) is 6.94. The van der Waals surface area contributed by atoms with Gasteiger partial charge in [0.05, 0.1) is 11.2 Å². The van der Waals surface area contributed by atoms with Crippen molar-refractivity contribution in [1.82, 2.24) is 10.1 Å². The third-order valence-electron chi connectivity index (χ3n) is 3.98. The van der Waals surface area contributed by atoms with Crippen molar-refractivity contribution in [3.8, 4) is 0 Å². The van der Waals surface area contributed by atoms with E-state index in [9.17, 15) is 0 Å². The normalized spacial score (nSPS) is 16.9. The molecule has 1 fully saturated rings. The predicted molar refractivity (Wildman–Crippen MR) is 79.6 cm³/mol. The Morgan fingerprint density at radius 1 is 1.40 bits per heavy atom. The smallest absolute Gasteiger partial charge is 0.234 e. The first-order valence-corrected chi connectivity index (χ1v) is 7.93. The molecule has 0 unspecified atom stereocenters. The lowest BCUT2D eigenvalue weighted by molar-refractivity contribution is 0.181. The zero-order valence-corrected chi connectivity index (χ0v) is 12.4. The minimum Gasteiger partial charge on any atom is -0.339 e. The molecule has 5 heteroatoms. The highest BCUT2D eigenvalue weighted by Crippen LogP contribution is 2.42. The van der Waals surface area contributed by atoms with E-state index in [1.54, 1.807) is 11.8 Å². The van der Waals surface area contributed by atoms with Gasteiger partial charge in [-0.3, -0.25) is 0 Å². The Labute approximate surface area is 123 Å². The fourth-order valence-electron chi connectivity index (χ4n) is 2.49. The van der Waals surface area contributed by atoms with Crippen LogP contribution in [-0.4, -0.2) is 16.7 Å². The topological polar surface area (TPSA) is 64.9 Å². The maximum absolute atomic E-state index is 5.86. The molecule has 0 saturated heterocycles. The van der Waals surface area contributed by atoms with Crippen LogP contribution in [0.2, 0.25) is 0 Å². The molecule has 1 aliphatic rings. The second kappa shape index (κ2) is 5.58. The Morgan fingerprint density at radius 3 is 2.90 bits per heavy atom. The molecular formula is C15H19N3OS. The molecule has 0 bridgehead atoms. The summed E-state index contributed by atoms with van der Waals surface area (Å²) in [5.74, 6) is 2.21. The summed E-state index contributed by atoms with van der Waals surface area (Å²) in [6.07, 6.45) is 3.33. The minimum atomic E-state index is -0.0424. The van der Waals surface area contributed by atoms with Gasteiger partial charge < -0.3 is 10.3 Å². The molecule has 0 atom stereocenters. The van der Waals surface area contributed by atoms with E-state index in [4.69, 9.17) is 10.3 Å². The summed E-state index contributed by atoms with van der Waals surface area (Å²) in [4.78, 5) is 5.76. The van der Waals surface area contributed by atoms with E-state index in [1.165, 1.54) is 16.9 Å². The number of thioether (sulfide) groups is 1. The summed E-state index contributed by atoms with van der Waals surface area (Å²) in [5, 5.41) is 4.09. The van der Waals surface area contributed by atoms with Crippen LogP contribution in [0.1, 0.15) is 36.5 Å². The first kappa shape index (κ1) is 13.6. The number of benzene rings is 1. The molecule has 0 amide bonds. The molecular weight excluding hydrogens is 270 g/mol. The van der Waals surface area contributed by atoms with Gasteiger partial charge in [0, 0.05) is 11.4 Å². The second-order valence-electron chi connectivity index (χ2n) is 5.46. The van der Waals surface area contributed by atoms with Crippen LogP contribution in [0.4, 0.5) is 0 Å². The molecule has 2 N–H and O–H groups in total. The molecule has 106 valence electrons. The lowest BCUT2D eigenvalue weighted by atomic mass is 9.69. The fourth-order valence-corrected chi connectivity index (χ4v) is 3.35. The van der Waals surface area contributed by atoms with E-state index in [-0.39, 0.29) is 5.41 Å². The van der Waals surface area contributed by atoms with Gasteiger partial charge >= 0.3 is 0 Å². The monoisotopic (exact) mass is 289 g/mol. The van der Waals surface area contributed by atoms with Gasteiger partial charge in [-0.1, -0.05) is 29.3 Å². The first-order chi connectivity index (χ1) is 9.72. The van der Waals surface area contributed by atoms with Gasteiger partial charge in [0.2, 0.25) is 5.89 Å². The summed E-state index contributed by atoms with van der Waals surface area (Å²) >= 11 is 1.73. The van der Waals surface area contributed by atoms with Gasteiger partial charge in [-0.25, -0.2) is 0 Å². The standard InChI is InChI=1S/C15H19N3OS/c1-11-4-2-5-12(8-11)20-9-13-17-14(19-18-13)15(10-16)6-3-7-15/h2,4-5,8H,3,6-7,9-10,16H2,1H3. The summed E-state index contributed by atoms with van der Waals surface area (Å²) < 4.78 is 5.42. The summed E-state index contributed by atoms with van der Waals surface area (Å²) in [6, 6.07) is 8.43. The van der Waals surface area contributed by atoms with Gasteiger partial charge in [0.1, 0.15) is 0 Å². The lowest BCUT2D eigenvalue weighted by Gasteiger charge is -2.36. The van der Waals surface area contributed by atoms with Gasteiger partial charge in [-0.2, -0.15) is 4.98 Å². The van der Waals surface area contributed by atoms with Crippen molar-refractivity contribution in [2.24, 2.45) is 5.73 Å². The molecule has 1 heterocycles. The quantitative estimate of drug-likeness (QED) is 0.857. The zero-order valence-electron chi connectivity index (χ0n) is 11.6. The van der Waals surface area contributed by atoms with E-state index in [0.29, 0.717) is 6.54 Å². The van der Waals surface area contributed by atoms with E-state index in [1.807, 2.05) is 0 Å². The number of aryl methyl sites for hydroxylation is 1. The molecule has 0 radical (unpaired) electrons. The van der Waals surface area contributed by atoms with Crippen LogP contribution >= 0.6 is 11.8 Å². The van der Waals surface area contributed by atoms with Crippen LogP contribution in [0, 0.1) is 6.92 Å². The molecule has 0 aliphatic heterocycles. The second-order valence-corrected chi connectivity index (χ2v) is 6.51. The Bertz CT molecular complexity index is 587. The number of hydrogen-bond donors (Lipinski definition) is 1. The molecule has 1 aliphatic carbocycles. The Hall–Kier alpha value is -1.33. The Morgan fingerprint density at radius 2 is 2.25 bits per heavy atom. The van der Waals surface area contributed by atoms with Crippen molar-refractivity contribution in [1.29, 1.82) is 0 Å². The summed E-state index contributed by atoms with van der Waals surface area (Å²) in [6.45, 7) is 2.69. The molecule has 3 rings (SSSR count). The van der Waals surface area contributed by atoms with Crippen molar-refractivity contribution in [2.45, 2.75) is 42.2 Å². The highest BCUT2D eigenvalue weighted by molar-refractivity contribution is 7.98. The Balaban J connectivity index is 1.66.